The van der Waals surface area contributed by atoms with Crippen LogP contribution in [-0.4, -0.2) is 20.9 Å². The van der Waals surface area contributed by atoms with Gasteiger partial charge in [-0.3, -0.25) is 4.68 Å². The van der Waals surface area contributed by atoms with Crippen LogP contribution < -0.4 is 0 Å². The highest BCUT2D eigenvalue weighted by Gasteiger charge is 2.25. The van der Waals surface area contributed by atoms with Crippen molar-refractivity contribution in [1.29, 1.82) is 0 Å². The van der Waals surface area contributed by atoms with Gasteiger partial charge in [-0.1, -0.05) is 27.7 Å². The lowest BCUT2D eigenvalue weighted by molar-refractivity contribution is 0.0702. The molecule has 0 bridgehead atoms. The van der Waals surface area contributed by atoms with Crippen LogP contribution in [0.4, 0.5) is 0 Å². The molecule has 0 saturated heterocycles. The molecule has 2 aromatic heterocycles. The van der Waals surface area contributed by atoms with Crippen LogP contribution >= 0.6 is 11.3 Å². The summed E-state index contributed by atoms with van der Waals surface area (Å²) in [4.78, 5) is 12.4. The summed E-state index contributed by atoms with van der Waals surface area (Å²) in [6.07, 6.45) is 0.987. The molecule has 2 heterocycles. The van der Waals surface area contributed by atoms with Crippen LogP contribution in [-0.2, 0) is 12.0 Å². The fourth-order valence-corrected chi connectivity index (χ4v) is 2.96. The van der Waals surface area contributed by atoms with Gasteiger partial charge in [0.1, 0.15) is 9.71 Å². The van der Waals surface area contributed by atoms with Gasteiger partial charge in [-0.2, -0.15) is 5.10 Å². The van der Waals surface area contributed by atoms with Gasteiger partial charge < -0.3 is 5.11 Å². The molecule has 0 aliphatic rings. The first-order valence-electron chi connectivity index (χ1n) is 6.08. The number of aromatic nitrogens is 2. The molecule has 98 valence electrons. The van der Waals surface area contributed by atoms with Gasteiger partial charge in [0, 0.05) is 17.3 Å². The number of nitrogens with zero attached hydrogens (tertiary/aromatic N) is 2. The van der Waals surface area contributed by atoms with E-state index in [0.29, 0.717) is 4.88 Å². The van der Waals surface area contributed by atoms with Gasteiger partial charge in [-0.15, -0.1) is 11.3 Å². The minimum atomic E-state index is -0.862. The minimum absolute atomic E-state index is 0.0753. The summed E-state index contributed by atoms with van der Waals surface area (Å²) >= 11 is 1.31. The molecule has 2 rings (SSSR count). The zero-order valence-corrected chi connectivity index (χ0v) is 12.0. The lowest BCUT2D eigenvalue weighted by Gasteiger charge is -2.15. The van der Waals surface area contributed by atoms with Crippen molar-refractivity contribution in [1.82, 2.24) is 9.78 Å². The van der Waals surface area contributed by atoms with Gasteiger partial charge >= 0.3 is 5.97 Å². The molecule has 5 heteroatoms. The number of aromatic carboxylic acids is 1. The average molecular weight is 266 g/mol. The predicted octanol–water partition coefficient (Wildman–Crippen LogP) is 3.50. The Bertz CT molecular complexity index is 590. The molecule has 0 aliphatic carbocycles. The van der Waals surface area contributed by atoms with E-state index < -0.39 is 5.97 Å². The van der Waals surface area contributed by atoms with Crippen LogP contribution in [0.1, 0.15) is 49.5 Å². The first-order valence-corrected chi connectivity index (χ1v) is 6.90. The SMILES string of the molecule is CCCn1nc(C(C)(C)C)c2cc(C(=O)O)sc21. The van der Waals surface area contributed by atoms with Gasteiger partial charge in [0.2, 0.25) is 0 Å². The molecule has 2 aromatic rings. The standard InChI is InChI=1S/C13H18N2O2S/c1-5-6-15-11-8(7-9(18-11)12(16)17)10(14-15)13(2,3)4/h7H,5-6H2,1-4H3,(H,16,17). The summed E-state index contributed by atoms with van der Waals surface area (Å²) in [6.45, 7) is 9.22. The van der Waals surface area contributed by atoms with E-state index in [4.69, 9.17) is 5.11 Å². The van der Waals surface area contributed by atoms with E-state index in [0.717, 1.165) is 28.9 Å². The van der Waals surface area contributed by atoms with Crippen molar-refractivity contribution in [3.63, 3.8) is 0 Å². The Morgan fingerprint density at radius 3 is 2.67 bits per heavy atom. The Hall–Kier alpha value is -1.36. The number of fused-ring (bicyclic) bond motifs is 1. The maximum atomic E-state index is 11.1. The second-order valence-electron chi connectivity index (χ2n) is 5.46. The minimum Gasteiger partial charge on any atom is -0.477 e. The maximum absolute atomic E-state index is 11.1. The number of carboxylic acid groups (broad SMARTS) is 1. The second-order valence-corrected chi connectivity index (χ2v) is 6.49. The van der Waals surface area contributed by atoms with E-state index in [2.05, 4.69) is 32.8 Å². The molecular formula is C13H18N2O2S. The first kappa shape index (κ1) is 13.1. The van der Waals surface area contributed by atoms with Gasteiger partial charge in [0.25, 0.3) is 0 Å². The summed E-state index contributed by atoms with van der Waals surface area (Å²) < 4.78 is 1.94. The number of rotatable bonds is 3. The Labute approximate surface area is 110 Å². The van der Waals surface area contributed by atoms with E-state index in [1.807, 2.05) is 4.68 Å². The van der Waals surface area contributed by atoms with Crippen molar-refractivity contribution in [2.45, 2.75) is 46.1 Å². The normalized spacial score (nSPS) is 12.2. The third kappa shape index (κ3) is 2.14. The zero-order valence-electron chi connectivity index (χ0n) is 11.1. The molecule has 0 saturated carbocycles. The molecule has 0 spiro atoms. The van der Waals surface area contributed by atoms with Crippen molar-refractivity contribution >= 4 is 27.5 Å². The third-order valence-corrected chi connectivity index (χ3v) is 3.92. The van der Waals surface area contributed by atoms with Crippen LogP contribution in [0.5, 0.6) is 0 Å². The maximum Gasteiger partial charge on any atom is 0.345 e. The average Bonchev–Trinajstić information content (AvgIpc) is 2.77. The van der Waals surface area contributed by atoms with E-state index in [1.54, 1.807) is 6.07 Å². The van der Waals surface area contributed by atoms with Crippen molar-refractivity contribution in [3.05, 3.63) is 16.6 Å². The van der Waals surface area contributed by atoms with Gasteiger partial charge in [-0.25, -0.2) is 4.79 Å². The number of carboxylic acids is 1. The molecule has 0 unspecified atom stereocenters. The fourth-order valence-electron chi connectivity index (χ4n) is 1.99. The highest BCUT2D eigenvalue weighted by Crippen LogP contribution is 2.34. The molecule has 0 radical (unpaired) electrons. The smallest absolute Gasteiger partial charge is 0.345 e. The topological polar surface area (TPSA) is 55.1 Å². The number of hydrogen-bond donors (Lipinski definition) is 1. The largest absolute Gasteiger partial charge is 0.477 e. The van der Waals surface area contributed by atoms with Gasteiger partial charge in [0.05, 0.1) is 5.69 Å². The van der Waals surface area contributed by atoms with E-state index in [1.165, 1.54) is 11.3 Å². The van der Waals surface area contributed by atoms with E-state index in [-0.39, 0.29) is 5.41 Å². The molecule has 0 fully saturated rings. The Morgan fingerprint density at radius 2 is 2.17 bits per heavy atom. The van der Waals surface area contributed by atoms with Crippen molar-refractivity contribution in [3.8, 4) is 0 Å². The number of thiophene rings is 1. The van der Waals surface area contributed by atoms with E-state index in [9.17, 15) is 4.79 Å². The van der Waals surface area contributed by atoms with Crippen molar-refractivity contribution in [2.75, 3.05) is 0 Å². The zero-order chi connectivity index (χ0) is 13.5. The van der Waals surface area contributed by atoms with Crippen LogP contribution in [0.2, 0.25) is 0 Å². The number of hydrogen-bond acceptors (Lipinski definition) is 3. The molecular weight excluding hydrogens is 248 g/mol. The number of aryl methyl sites for hydroxylation is 1. The lowest BCUT2D eigenvalue weighted by Crippen LogP contribution is -2.13. The molecule has 18 heavy (non-hydrogen) atoms. The summed E-state index contributed by atoms with van der Waals surface area (Å²) in [5, 5.41) is 14.7. The summed E-state index contributed by atoms with van der Waals surface area (Å²) in [7, 11) is 0. The first-order chi connectivity index (χ1) is 8.34. The summed E-state index contributed by atoms with van der Waals surface area (Å²) in [6, 6.07) is 1.75. The summed E-state index contributed by atoms with van der Waals surface area (Å²) in [5.74, 6) is -0.862. The Kier molecular flexibility index (Phi) is 3.19. The van der Waals surface area contributed by atoms with Crippen molar-refractivity contribution in [2.24, 2.45) is 0 Å². The van der Waals surface area contributed by atoms with Crippen LogP contribution in [0.3, 0.4) is 0 Å². The molecule has 0 amide bonds. The quantitative estimate of drug-likeness (QED) is 0.925. The molecule has 4 nitrogen and oxygen atoms in total. The highest BCUT2D eigenvalue weighted by atomic mass is 32.1. The van der Waals surface area contributed by atoms with E-state index >= 15 is 0 Å². The second kappa shape index (κ2) is 4.39. The molecule has 0 aliphatic heterocycles. The highest BCUT2D eigenvalue weighted by molar-refractivity contribution is 7.20. The third-order valence-electron chi connectivity index (χ3n) is 2.78. The van der Waals surface area contributed by atoms with Crippen LogP contribution in [0.15, 0.2) is 6.07 Å². The monoisotopic (exact) mass is 266 g/mol. The Balaban J connectivity index is 2.68. The van der Waals surface area contributed by atoms with Crippen LogP contribution in [0.25, 0.3) is 10.2 Å². The molecule has 0 aromatic carbocycles. The van der Waals surface area contributed by atoms with Gasteiger partial charge in [-0.05, 0) is 12.5 Å². The van der Waals surface area contributed by atoms with Crippen molar-refractivity contribution < 1.29 is 9.90 Å². The predicted molar refractivity (Wildman–Crippen MR) is 73.6 cm³/mol. The van der Waals surface area contributed by atoms with Crippen LogP contribution in [0, 0.1) is 0 Å². The number of carbonyl (C=O) groups is 1. The summed E-state index contributed by atoms with van der Waals surface area (Å²) in [5.41, 5.74) is 0.906. The molecule has 0 atom stereocenters. The molecule has 1 N–H and O–H groups in total. The van der Waals surface area contributed by atoms with Gasteiger partial charge in [0.15, 0.2) is 0 Å². The fraction of sp³-hybridized carbons (Fsp3) is 0.538. The Morgan fingerprint density at radius 1 is 1.50 bits per heavy atom. The lowest BCUT2D eigenvalue weighted by atomic mass is 9.91.